The second-order valence-corrected chi connectivity index (χ2v) is 12.6. The van der Waals surface area contributed by atoms with Gasteiger partial charge in [-0.15, -0.1) is 0 Å². The van der Waals surface area contributed by atoms with Crippen LogP contribution in [0, 0.1) is 24.2 Å². The highest BCUT2D eigenvalue weighted by atomic mass is 35.5. The number of ether oxygens (including phenoxy) is 1. The van der Waals surface area contributed by atoms with E-state index in [9.17, 15) is 29.2 Å². The number of aldehydes is 1. The van der Waals surface area contributed by atoms with E-state index in [1.165, 1.54) is 5.56 Å². The average molecular weight is 673 g/mol. The van der Waals surface area contributed by atoms with E-state index in [4.69, 9.17) is 16.3 Å². The lowest BCUT2D eigenvalue weighted by atomic mass is 9.77. The molecule has 0 bridgehead atoms. The fourth-order valence-corrected chi connectivity index (χ4v) is 5.64. The molecular formula is C37H41ClN4O6. The molecule has 2 unspecified atom stereocenters. The summed E-state index contributed by atoms with van der Waals surface area (Å²) in [5, 5.41) is 15.0. The summed E-state index contributed by atoms with van der Waals surface area (Å²) in [5.41, 5.74) is 4.68. The molecule has 10 nitrogen and oxygen atoms in total. The second-order valence-electron chi connectivity index (χ2n) is 12.1. The van der Waals surface area contributed by atoms with Crippen molar-refractivity contribution in [3.05, 3.63) is 93.0 Å². The Morgan fingerprint density at radius 1 is 1.06 bits per heavy atom. The van der Waals surface area contributed by atoms with Crippen LogP contribution in [-0.2, 0) is 19.8 Å². The van der Waals surface area contributed by atoms with E-state index in [-0.39, 0.29) is 48.6 Å². The molecule has 0 aromatic heterocycles. The van der Waals surface area contributed by atoms with E-state index in [2.05, 4.69) is 61.7 Å². The van der Waals surface area contributed by atoms with Crippen LogP contribution in [0.25, 0.3) is 0 Å². The van der Waals surface area contributed by atoms with E-state index in [0.717, 1.165) is 22.3 Å². The molecule has 1 fully saturated rings. The minimum Gasteiger partial charge on any atom is -0.491 e. The normalized spacial score (nSPS) is 16.0. The van der Waals surface area contributed by atoms with Gasteiger partial charge in [0.2, 0.25) is 11.8 Å². The number of carbonyl (C=O) groups is 5. The third-order valence-corrected chi connectivity index (χ3v) is 8.72. The molecule has 3 aromatic carbocycles. The van der Waals surface area contributed by atoms with Gasteiger partial charge in [-0.05, 0) is 61.2 Å². The Hall–Kier alpha value is -5.01. The number of imide groups is 2. The Labute approximate surface area is 286 Å². The first-order valence-corrected chi connectivity index (χ1v) is 15.6. The van der Waals surface area contributed by atoms with E-state index < -0.39 is 23.8 Å². The molecule has 2 aliphatic heterocycles. The molecule has 0 spiro atoms. The number of fused-ring (bicyclic) bond motifs is 1. The number of benzene rings is 3. The van der Waals surface area contributed by atoms with Gasteiger partial charge < -0.3 is 14.8 Å². The Kier molecular flexibility index (Phi) is 12.3. The van der Waals surface area contributed by atoms with Crippen LogP contribution < -0.4 is 15.4 Å². The topological polar surface area (TPSA) is 146 Å². The van der Waals surface area contributed by atoms with Gasteiger partial charge in [-0.1, -0.05) is 69.6 Å². The molecule has 1 saturated heterocycles. The molecule has 11 heteroatoms. The largest absolute Gasteiger partial charge is 0.491 e. The fraction of sp³-hybridized carbons (Fsp3) is 0.351. The van der Waals surface area contributed by atoms with Crippen LogP contribution in [0.2, 0.25) is 5.02 Å². The highest BCUT2D eigenvalue weighted by Crippen LogP contribution is 2.38. The number of amides is 4. The van der Waals surface area contributed by atoms with Crippen LogP contribution in [-0.4, -0.2) is 54.5 Å². The lowest BCUT2D eigenvalue weighted by Gasteiger charge is -2.27. The van der Waals surface area contributed by atoms with Gasteiger partial charge in [0.25, 0.3) is 11.8 Å². The zero-order chi connectivity index (χ0) is 34.5. The van der Waals surface area contributed by atoms with Crippen molar-refractivity contribution < 1.29 is 28.7 Å². The lowest BCUT2D eigenvalue weighted by Crippen LogP contribution is -2.54. The summed E-state index contributed by atoms with van der Waals surface area (Å²) < 4.78 is 5.71. The van der Waals surface area contributed by atoms with Gasteiger partial charge >= 0.3 is 0 Å². The van der Waals surface area contributed by atoms with Gasteiger partial charge in [0.05, 0.1) is 28.3 Å². The number of rotatable bonds is 9. The van der Waals surface area contributed by atoms with Crippen LogP contribution in [0.3, 0.4) is 0 Å². The van der Waals surface area contributed by atoms with E-state index in [1.807, 2.05) is 19.1 Å². The van der Waals surface area contributed by atoms with Gasteiger partial charge in [0, 0.05) is 30.5 Å². The molecule has 252 valence electrons. The van der Waals surface area contributed by atoms with Crippen LogP contribution in [0.5, 0.6) is 5.75 Å². The van der Waals surface area contributed by atoms with E-state index >= 15 is 0 Å². The highest BCUT2D eigenvalue weighted by molar-refractivity contribution is 6.32. The van der Waals surface area contributed by atoms with E-state index in [1.54, 1.807) is 25.2 Å². The molecule has 2 heterocycles. The van der Waals surface area contributed by atoms with Crippen molar-refractivity contribution in [1.29, 1.82) is 5.26 Å². The Morgan fingerprint density at radius 3 is 2.33 bits per heavy atom. The third kappa shape index (κ3) is 7.92. The van der Waals surface area contributed by atoms with Crippen LogP contribution in [0.4, 0.5) is 5.69 Å². The number of nitrogens with zero attached hydrogens (tertiary/aromatic N) is 2. The molecule has 5 rings (SSSR count). The standard InChI is InChI=1S/C22H24ClNO2.C14H13N3O4.CH4/c1-15-5-7-18(8-6-15)22(3,4)19-11-17(13-24)21(20(23)12-19)26-10-9-16(2)14-25;1-15-7-2-3-8-9(6-7)14(21)17(13(8)20)10-4-5-11(18)16-12(10)19;/h5-8,11-12,14,16H,9-10H2,1-4H3;2-3,6,10,15H,4-5H2,1H3,(H,16,18,19);1H4. The zero-order valence-corrected chi connectivity index (χ0v) is 27.7. The van der Waals surface area contributed by atoms with Gasteiger partial charge in [0.1, 0.15) is 18.4 Å². The van der Waals surface area contributed by atoms with Crippen LogP contribution >= 0.6 is 11.6 Å². The van der Waals surface area contributed by atoms with Crippen molar-refractivity contribution in [2.75, 3.05) is 19.0 Å². The van der Waals surface area contributed by atoms with Gasteiger partial charge in [0.15, 0.2) is 5.75 Å². The summed E-state index contributed by atoms with van der Waals surface area (Å²) in [6.45, 7) is 8.44. The summed E-state index contributed by atoms with van der Waals surface area (Å²) in [4.78, 5) is 59.5. The number of carbonyl (C=O) groups excluding carboxylic acids is 5. The first kappa shape index (κ1) is 37.4. The summed E-state index contributed by atoms with van der Waals surface area (Å²) in [5.74, 6) is -1.68. The number of hydrogen-bond acceptors (Lipinski definition) is 8. The van der Waals surface area contributed by atoms with Gasteiger partial charge in [-0.25, -0.2) is 0 Å². The van der Waals surface area contributed by atoms with Crippen LogP contribution in [0.1, 0.15) is 90.4 Å². The van der Waals surface area contributed by atoms with Crippen molar-refractivity contribution in [2.24, 2.45) is 5.92 Å². The molecule has 0 aliphatic carbocycles. The third-order valence-electron chi connectivity index (χ3n) is 8.44. The van der Waals surface area contributed by atoms with Crippen LogP contribution in [0.15, 0.2) is 54.6 Å². The summed E-state index contributed by atoms with van der Waals surface area (Å²) in [7, 11) is 1.71. The quantitative estimate of drug-likeness (QED) is 0.201. The molecule has 0 radical (unpaired) electrons. The number of nitrogens with one attached hydrogen (secondary N) is 2. The second kappa shape index (κ2) is 15.7. The number of anilines is 1. The molecule has 3 aromatic rings. The number of halogens is 1. The molecule has 2 atom stereocenters. The first-order valence-electron chi connectivity index (χ1n) is 15.2. The predicted octanol–water partition coefficient (Wildman–Crippen LogP) is 6.22. The van der Waals surface area contributed by atoms with Crippen molar-refractivity contribution in [3.8, 4) is 11.8 Å². The smallest absolute Gasteiger partial charge is 0.262 e. The first-order chi connectivity index (χ1) is 22.3. The molecule has 2 aliphatic rings. The SMILES string of the molecule is C.CNc1ccc2c(c1)C(=O)N(C1CCC(=O)NC1=O)C2=O.Cc1ccc(C(C)(C)c2cc(Cl)c(OCCC(C)C=O)c(C#N)c2)cc1. The summed E-state index contributed by atoms with van der Waals surface area (Å²) in [6.07, 6.45) is 1.76. The van der Waals surface area contributed by atoms with E-state index in [0.29, 0.717) is 35.1 Å². The minimum absolute atomic E-state index is 0. The van der Waals surface area contributed by atoms with Crippen molar-refractivity contribution in [2.45, 2.75) is 65.8 Å². The van der Waals surface area contributed by atoms with Gasteiger partial charge in [-0.2, -0.15) is 5.26 Å². The summed E-state index contributed by atoms with van der Waals surface area (Å²) in [6, 6.07) is 18.2. The molecule has 2 N–H and O–H groups in total. The number of piperidine rings is 1. The maximum atomic E-state index is 12.4. The summed E-state index contributed by atoms with van der Waals surface area (Å²) >= 11 is 6.44. The molecular weight excluding hydrogens is 632 g/mol. The monoisotopic (exact) mass is 672 g/mol. The average Bonchev–Trinajstić information content (AvgIpc) is 3.30. The zero-order valence-electron chi connectivity index (χ0n) is 27.0. The molecule has 48 heavy (non-hydrogen) atoms. The van der Waals surface area contributed by atoms with Crippen molar-refractivity contribution in [3.63, 3.8) is 0 Å². The van der Waals surface area contributed by atoms with Gasteiger partial charge in [-0.3, -0.25) is 29.4 Å². The number of aryl methyl sites for hydroxylation is 1. The highest BCUT2D eigenvalue weighted by Gasteiger charge is 2.44. The Balaban J connectivity index is 0.000000260. The maximum Gasteiger partial charge on any atom is 0.262 e. The lowest BCUT2D eigenvalue weighted by molar-refractivity contribution is -0.136. The predicted molar refractivity (Wildman–Crippen MR) is 184 cm³/mol. The maximum absolute atomic E-state index is 12.4. The Bertz CT molecular complexity index is 1760. The number of hydrogen-bond donors (Lipinski definition) is 2. The van der Waals surface area contributed by atoms with Crippen molar-refractivity contribution >= 4 is 47.2 Å². The minimum atomic E-state index is -0.923. The molecule has 4 amide bonds. The van der Waals surface area contributed by atoms with Crippen molar-refractivity contribution in [1.82, 2.24) is 10.2 Å². The number of nitriles is 1. The fourth-order valence-electron chi connectivity index (χ4n) is 5.36. The Morgan fingerprint density at radius 2 is 1.73 bits per heavy atom. The molecule has 0 saturated carbocycles.